The van der Waals surface area contributed by atoms with Crippen molar-refractivity contribution >= 4 is 79.9 Å². The molecule has 0 fully saturated rings. The van der Waals surface area contributed by atoms with E-state index >= 15 is 0 Å². The first-order valence-electron chi connectivity index (χ1n) is 27.3. The molecule has 0 bridgehead atoms. The van der Waals surface area contributed by atoms with Crippen molar-refractivity contribution in [3.05, 3.63) is 197 Å². The van der Waals surface area contributed by atoms with Crippen molar-refractivity contribution < 1.29 is 9.15 Å². The maximum Gasteiger partial charge on any atom is 0.333 e. The molecule has 15 rings (SSSR count). The zero-order valence-electron chi connectivity index (χ0n) is 45.2. The Morgan fingerprint density at radius 2 is 1.24 bits per heavy atom. The summed E-state index contributed by atoms with van der Waals surface area (Å²) in [5.41, 5.74) is 25.3. The van der Waals surface area contributed by atoms with E-state index in [1.807, 2.05) is 11.8 Å². The number of para-hydroxylation sites is 2. The third kappa shape index (κ3) is 6.34. The van der Waals surface area contributed by atoms with Crippen LogP contribution in [0, 0.1) is 6.92 Å². The van der Waals surface area contributed by atoms with E-state index in [1.54, 1.807) is 0 Å². The van der Waals surface area contributed by atoms with Crippen molar-refractivity contribution in [2.24, 2.45) is 0 Å². The van der Waals surface area contributed by atoms with Crippen LogP contribution in [0.2, 0.25) is 0 Å². The summed E-state index contributed by atoms with van der Waals surface area (Å²) in [5, 5.41) is 2.25. The van der Waals surface area contributed by atoms with Crippen molar-refractivity contribution in [1.29, 1.82) is 0 Å². The molecule has 0 saturated heterocycles. The van der Waals surface area contributed by atoms with E-state index in [4.69, 9.17) is 9.15 Å². The summed E-state index contributed by atoms with van der Waals surface area (Å²) >= 11 is 1.81. The second kappa shape index (κ2) is 15.6. The Morgan fingerprint density at radius 1 is 0.526 bits per heavy atom. The highest BCUT2D eigenvalue weighted by Gasteiger charge is 2.51. The molecule has 5 aliphatic rings. The molecule has 4 heterocycles. The van der Waals surface area contributed by atoms with Crippen molar-refractivity contribution in [3.63, 3.8) is 0 Å². The van der Waals surface area contributed by atoms with Gasteiger partial charge in [-0.25, -0.2) is 0 Å². The van der Waals surface area contributed by atoms with E-state index in [0.29, 0.717) is 0 Å². The summed E-state index contributed by atoms with van der Waals surface area (Å²) in [4.78, 5) is 7.61. The highest BCUT2D eigenvalue weighted by Crippen LogP contribution is 2.61. The molecule has 0 radical (unpaired) electrons. The number of aryl methyl sites for hydroxylation is 1. The Balaban J connectivity index is 1.14. The summed E-state index contributed by atoms with van der Waals surface area (Å²) in [5.74, 6) is 1.77. The van der Waals surface area contributed by atoms with Crippen LogP contribution < -0.4 is 25.4 Å². The molecule has 0 spiro atoms. The van der Waals surface area contributed by atoms with Gasteiger partial charge in [0.15, 0.2) is 0 Å². The standard InChI is InChI=1S/C70H61BN2O2S/c1-40-34-49-50(69(7,8)33-32-68(49,5)6)37-54(40)72-55-39-61-59(74-58-26-18-19-27-60(58)76-61)38-51(55)71-65-56(72)36-46-43-22-15-17-25-57(43)75-66(46)64(65)63-53(31-29-48-62(63)44-23-14-16-24-47(44)70(48,9)10)73(71)52-30-28-42(67(2,3)4)35-45(52)41-20-12-11-13-21-41/h11-31,34-39H,32-33H2,1-10H3. The molecular weight excluding hydrogens is 944 g/mol. The third-order valence-corrected chi connectivity index (χ3v) is 19.3. The van der Waals surface area contributed by atoms with Crippen LogP contribution in [0.3, 0.4) is 0 Å². The highest BCUT2D eigenvalue weighted by molar-refractivity contribution is 7.99. The van der Waals surface area contributed by atoms with Crippen molar-refractivity contribution in [3.8, 4) is 44.9 Å². The molecule has 372 valence electrons. The normalized spacial score (nSPS) is 16.7. The van der Waals surface area contributed by atoms with E-state index in [2.05, 4.69) is 243 Å². The van der Waals surface area contributed by atoms with Gasteiger partial charge < -0.3 is 18.9 Å². The van der Waals surface area contributed by atoms with Gasteiger partial charge in [-0.05, 0) is 158 Å². The van der Waals surface area contributed by atoms with Crippen LogP contribution in [0.5, 0.6) is 11.5 Å². The monoisotopic (exact) mass is 1000 g/mol. The average Bonchev–Trinajstić information content (AvgIpc) is 3.94. The Hall–Kier alpha value is -7.41. The van der Waals surface area contributed by atoms with Crippen LogP contribution in [-0.4, -0.2) is 6.85 Å². The molecule has 4 nitrogen and oxygen atoms in total. The number of hydrogen-bond acceptors (Lipinski definition) is 5. The van der Waals surface area contributed by atoms with Crippen LogP contribution in [0.15, 0.2) is 178 Å². The van der Waals surface area contributed by atoms with E-state index in [9.17, 15) is 0 Å². The van der Waals surface area contributed by atoms with Gasteiger partial charge in [0, 0.05) is 61.3 Å². The molecular formula is C70H61BN2O2S. The minimum Gasteiger partial charge on any atom is -0.455 e. The third-order valence-electron chi connectivity index (χ3n) is 18.2. The first-order valence-corrected chi connectivity index (χ1v) is 28.1. The Kier molecular flexibility index (Phi) is 9.43. The van der Waals surface area contributed by atoms with Gasteiger partial charge in [-0.1, -0.05) is 177 Å². The molecule has 0 saturated carbocycles. The molecule has 1 aromatic heterocycles. The van der Waals surface area contributed by atoms with Crippen LogP contribution in [0.25, 0.3) is 55.3 Å². The number of furan rings is 1. The topological polar surface area (TPSA) is 28.9 Å². The molecule has 0 atom stereocenters. The zero-order chi connectivity index (χ0) is 51.9. The molecule has 0 N–H and O–H groups in total. The smallest absolute Gasteiger partial charge is 0.333 e. The fraction of sp³-hybridized carbons (Fsp3) is 0.229. The quantitative estimate of drug-likeness (QED) is 0.165. The first kappa shape index (κ1) is 45.9. The number of rotatable bonds is 3. The summed E-state index contributed by atoms with van der Waals surface area (Å²) in [6.07, 6.45) is 2.29. The lowest BCUT2D eigenvalue weighted by molar-refractivity contribution is 0.332. The van der Waals surface area contributed by atoms with E-state index in [-0.39, 0.29) is 28.5 Å². The molecule has 6 heteroatoms. The number of benzene rings is 9. The second-order valence-corrected chi connectivity index (χ2v) is 26.2. The van der Waals surface area contributed by atoms with Crippen LogP contribution in [0.1, 0.15) is 109 Å². The maximum atomic E-state index is 7.41. The molecule has 0 amide bonds. The Morgan fingerprint density at radius 3 is 2.04 bits per heavy atom. The molecule has 3 aliphatic heterocycles. The van der Waals surface area contributed by atoms with Gasteiger partial charge in [0.05, 0.1) is 9.79 Å². The maximum absolute atomic E-state index is 7.41. The van der Waals surface area contributed by atoms with Gasteiger partial charge in [0.25, 0.3) is 0 Å². The molecule has 2 aliphatic carbocycles. The molecule has 9 aromatic carbocycles. The van der Waals surface area contributed by atoms with Gasteiger partial charge in [-0.15, -0.1) is 0 Å². The number of fused-ring (bicyclic) bond motifs is 15. The van der Waals surface area contributed by atoms with Gasteiger partial charge in [0.1, 0.15) is 22.7 Å². The van der Waals surface area contributed by atoms with E-state index < -0.39 is 0 Å². The SMILES string of the molecule is Cc1cc2c(cc1N1c3cc4c(cc3B3c5c1cc1c(oc6ccccc61)c5-c1c(ccc5c1-c1ccccc1C5(C)C)N3c1ccc(C(C)(C)C)cc1-c1ccccc1)Oc1ccccc1S4)C(C)(C)CCC2(C)C. The van der Waals surface area contributed by atoms with Crippen LogP contribution in [0.4, 0.5) is 28.4 Å². The lowest BCUT2D eigenvalue weighted by Gasteiger charge is -2.48. The van der Waals surface area contributed by atoms with Crippen LogP contribution in [-0.2, 0) is 21.7 Å². The number of nitrogens with zero attached hydrogens (tertiary/aromatic N) is 2. The Bertz CT molecular complexity index is 4170. The molecule has 0 unspecified atom stereocenters. The second-order valence-electron chi connectivity index (χ2n) is 25.1. The van der Waals surface area contributed by atoms with Crippen molar-refractivity contribution in [1.82, 2.24) is 0 Å². The largest absolute Gasteiger partial charge is 0.455 e. The highest BCUT2D eigenvalue weighted by atomic mass is 32.2. The predicted molar refractivity (Wildman–Crippen MR) is 320 cm³/mol. The predicted octanol–water partition coefficient (Wildman–Crippen LogP) is 18.5. The zero-order valence-corrected chi connectivity index (χ0v) is 46.0. The van der Waals surface area contributed by atoms with Crippen molar-refractivity contribution in [2.75, 3.05) is 9.71 Å². The number of ether oxygens (including phenoxy) is 1. The van der Waals surface area contributed by atoms with E-state index in [0.717, 1.165) is 73.1 Å². The average molecular weight is 1010 g/mol. The van der Waals surface area contributed by atoms with E-state index in [1.165, 1.54) is 89.1 Å². The fourth-order valence-electron chi connectivity index (χ4n) is 14.0. The Labute approximate surface area is 451 Å². The first-order chi connectivity index (χ1) is 36.5. The summed E-state index contributed by atoms with van der Waals surface area (Å²) < 4.78 is 14.5. The summed E-state index contributed by atoms with van der Waals surface area (Å²) in [7, 11) is 0. The van der Waals surface area contributed by atoms with Gasteiger partial charge in [-0.2, -0.15) is 0 Å². The lowest BCUT2D eigenvalue weighted by Crippen LogP contribution is -2.62. The summed E-state index contributed by atoms with van der Waals surface area (Å²) in [6.45, 7) is 23.6. The van der Waals surface area contributed by atoms with Crippen molar-refractivity contribution in [2.45, 2.75) is 114 Å². The lowest BCUT2D eigenvalue weighted by atomic mass is 9.43. The number of anilines is 5. The fourth-order valence-corrected chi connectivity index (χ4v) is 15.0. The molecule has 10 aromatic rings. The molecule has 76 heavy (non-hydrogen) atoms. The minimum atomic E-state index is -0.309. The van der Waals surface area contributed by atoms with Gasteiger partial charge in [-0.3, -0.25) is 0 Å². The number of hydrogen-bond donors (Lipinski definition) is 0. The minimum absolute atomic E-state index is 0.00854. The van der Waals surface area contributed by atoms with Gasteiger partial charge in [0.2, 0.25) is 0 Å². The van der Waals surface area contributed by atoms with Crippen LogP contribution >= 0.6 is 11.8 Å². The summed E-state index contributed by atoms with van der Waals surface area (Å²) in [6, 6.07) is 62.0. The van der Waals surface area contributed by atoms with Gasteiger partial charge >= 0.3 is 6.85 Å².